The van der Waals surface area contributed by atoms with Gasteiger partial charge in [-0.15, -0.1) is 0 Å². The molecule has 114 valence electrons. The van der Waals surface area contributed by atoms with E-state index in [1.807, 2.05) is 37.3 Å². The number of hydrogen-bond acceptors (Lipinski definition) is 3. The highest BCUT2D eigenvalue weighted by Crippen LogP contribution is 2.21. The predicted octanol–water partition coefficient (Wildman–Crippen LogP) is 1.57. The van der Waals surface area contributed by atoms with Crippen LogP contribution < -0.4 is 10.5 Å². The number of benzene rings is 1. The Morgan fingerprint density at radius 3 is 2.76 bits per heavy atom. The molecule has 0 bridgehead atoms. The highest BCUT2D eigenvalue weighted by Gasteiger charge is 2.34. The van der Waals surface area contributed by atoms with Crippen molar-refractivity contribution in [3.63, 3.8) is 0 Å². The second-order valence-corrected chi connectivity index (χ2v) is 5.44. The van der Waals surface area contributed by atoms with Gasteiger partial charge in [-0.05, 0) is 31.4 Å². The molecule has 0 aromatic heterocycles. The molecule has 0 spiro atoms. The number of nitrogens with two attached hydrogens (primary N) is 1. The Kier molecular flexibility index (Phi) is 5.20. The summed E-state index contributed by atoms with van der Waals surface area (Å²) in [6, 6.07) is 9.08. The highest BCUT2D eigenvalue weighted by atomic mass is 16.5. The number of ether oxygens (including phenoxy) is 1. The summed E-state index contributed by atoms with van der Waals surface area (Å²) in [4.78, 5) is 25.3. The molecule has 5 heteroatoms. The van der Waals surface area contributed by atoms with E-state index in [0.29, 0.717) is 26.0 Å². The average Bonchev–Trinajstić information content (AvgIpc) is 2.97. The van der Waals surface area contributed by atoms with E-state index in [0.717, 1.165) is 12.2 Å². The normalized spacial score (nSPS) is 19.3. The fourth-order valence-corrected chi connectivity index (χ4v) is 2.60. The summed E-state index contributed by atoms with van der Waals surface area (Å²) < 4.78 is 5.60. The molecular formula is C16H22N2O3. The first-order valence-electron chi connectivity index (χ1n) is 7.37. The van der Waals surface area contributed by atoms with Gasteiger partial charge >= 0.3 is 0 Å². The lowest BCUT2D eigenvalue weighted by Gasteiger charge is -2.25. The summed E-state index contributed by atoms with van der Waals surface area (Å²) in [6.07, 6.45) is 2.14. The highest BCUT2D eigenvalue weighted by molar-refractivity contribution is 5.88. The summed E-state index contributed by atoms with van der Waals surface area (Å²) in [6.45, 7) is 2.97. The standard InChI is InChI=1S/C16H22N2O3/c1-12(9-11-21-13-6-3-2-4-7-13)16(20)18-10-5-8-14(18)15(17)19/h2-4,6-7,12,14H,5,8-11H2,1H3,(H2,17,19). The third-order valence-corrected chi connectivity index (χ3v) is 3.85. The van der Waals surface area contributed by atoms with Crippen LogP contribution in [0.1, 0.15) is 26.2 Å². The van der Waals surface area contributed by atoms with Gasteiger partial charge in [0.1, 0.15) is 11.8 Å². The smallest absolute Gasteiger partial charge is 0.240 e. The minimum Gasteiger partial charge on any atom is -0.494 e. The van der Waals surface area contributed by atoms with Gasteiger partial charge in [-0.2, -0.15) is 0 Å². The maximum atomic E-state index is 12.4. The van der Waals surface area contributed by atoms with Gasteiger partial charge in [0.15, 0.2) is 0 Å². The molecule has 0 aliphatic carbocycles. The monoisotopic (exact) mass is 290 g/mol. The van der Waals surface area contributed by atoms with E-state index in [2.05, 4.69) is 0 Å². The summed E-state index contributed by atoms with van der Waals surface area (Å²) >= 11 is 0. The van der Waals surface area contributed by atoms with Gasteiger partial charge < -0.3 is 15.4 Å². The number of hydrogen-bond donors (Lipinski definition) is 1. The molecule has 2 atom stereocenters. The molecule has 2 unspecified atom stereocenters. The summed E-state index contributed by atoms with van der Waals surface area (Å²) in [5, 5.41) is 0. The Hall–Kier alpha value is -2.04. The van der Waals surface area contributed by atoms with Gasteiger partial charge in [0.25, 0.3) is 0 Å². The van der Waals surface area contributed by atoms with Crippen LogP contribution in [-0.2, 0) is 9.59 Å². The molecule has 2 amide bonds. The maximum Gasteiger partial charge on any atom is 0.240 e. The number of para-hydroxylation sites is 1. The van der Waals surface area contributed by atoms with Gasteiger partial charge in [0.05, 0.1) is 6.61 Å². The molecule has 21 heavy (non-hydrogen) atoms. The number of primary amides is 1. The van der Waals surface area contributed by atoms with E-state index < -0.39 is 11.9 Å². The molecule has 1 aromatic carbocycles. The minimum absolute atomic E-state index is 0.00652. The Morgan fingerprint density at radius 2 is 2.10 bits per heavy atom. The number of rotatable bonds is 6. The number of amides is 2. The van der Waals surface area contributed by atoms with Crippen LogP contribution in [0.4, 0.5) is 0 Å². The first-order chi connectivity index (χ1) is 10.1. The van der Waals surface area contributed by atoms with E-state index in [4.69, 9.17) is 10.5 Å². The molecule has 1 aliphatic heterocycles. The average molecular weight is 290 g/mol. The van der Waals surface area contributed by atoms with Crippen molar-refractivity contribution in [2.75, 3.05) is 13.2 Å². The maximum absolute atomic E-state index is 12.4. The van der Waals surface area contributed by atoms with Crippen molar-refractivity contribution in [3.05, 3.63) is 30.3 Å². The number of nitrogens with zero attached hydrogens (tertiary/aromatic N) is 1. The summed E-state index contributed by atoms with van der Waals surface area (Å²) in [5.74, 6) is 0.212. The zero-order valence-electron chi connectivity index (χ0n) is 12.3. The molecule has 1 aromatic rings. The van der Waals surface area contributed by atoms with Crippen molar-refractivity contribution in [1.29, 1.82) is 0 Å². The van der Waals surface area contributed by atoms with Crippen molar-refractivity contribution in [2.45, 2.75) is 32.2 Å². The quantitative estimate of drug-likeness (QED) is 0.864. The summed E-state index contributed by atoms with van der Waals surface area (Å²) in [7, 11) is 0. The van der Waals surface area contributed by atoms with Crippen LogP contribution in [-0.4, -0.2) is 35.9 Å². The Labute approximate surface area is 125 Å². The van der Waals surface area contributed by atoms with E-state index >= 15 is 0 Å². The van der Waals surface area contributed by atoms with Crippen molar-refractivity contribution < 1.29 is 14.3 Å². The van der Waals surface area contributed by atoms with Crippen LogP contribution in [0.3, 0.4) is 0 Å². The predicted molar refractivity (Wildman–Crippen MR) is 79.6 cm³/mol. The van der Waals surface area contributed by atoms with Crippen LogP contribution in [0, 0.1) is 5.92 Å². The zero-order chi connectivity index (χ0) is 15.2. The van der Waals surface area contributed by atoms with Crippen LogP contribution in [0.5, 0.6) is 5.75 Å². The van der Waals surface area contributed by atoms with Gasteiger partial charge in [0.2, 0.25) is 11.8 Å². The summed E-state index contributed by atoms with van der Waals surface area (Å²) in [5.41, 5.74) is 5.34. The Bertz CT molecular complexity index is 490. The lowest BCUT2D eigenvalue weighted by atomic mass is 10.1. The third kappa shape index (κ3) is 3.97. The van der Waals surface area contributed by atoms with Crippen molar-refractivity contribution in [3.8, 4) is 5.75 Å². The largest absolute Gasteiger partial charge is 0.494 e. The van der Waals surface area contributed by atoms with Gasteiger partial charge in [-0.3, -0.25) is 9.59 Å². The van der Waals surface area contributed by atoms with Crippen LogP contribution in [0.25, 0.3) is 0 Å². The van der Waals surface area contributed by atoms with E-state index in [1.54, 1.807) is 4.90 Å². The van der Waals surface area contributed by atoms with Gasteiger partial charge in [-0.25, -0.2) is 0 Å². The molecule has 1 heterocycles. The zero-order valence-corrected chi connectivity index (χ0v) is 12.3. The first kappa shape index (κ1) is 15.4. The number of carbonyl (C=O) groups is 2. The van der Waals surface area contributed by atoms with Crippen LogP contribution >= 0.6 is 0 Å². The van der Waals surface area contributed by atoms with E-state index in [9.17, 15) is 9.59 Å². The molecule has 0 radical (unpaired) electrons. The number of likely N-dealkylation sites (tertiary alicyclic amines) is 1. The topological polar surface area (TPSA) is 72.6 Å². The fourth-order valence-electron chi connectivity index (χ4n) is 2.60. The molecule has 1 aliphatic rings. The molecule has 2 rings (SSSR count). The SMILES string of the molecule is CC(CCOc1ccccc1)C(=O)N1CCCC1C(N)=O. The van der Waals surface area contributed by atoms with Crippen LogP contribution in [0.15, 0.2) is 30.3 Å². The molecule has 5 nitrogen and oxygen atoms in total. The van der Waals surface area contributed by atoms with E-state index in [1.165, 1.54) is 0 Å². The first-order valence-corrected chi connectivity index (χ1v) is 7.37. The fraction of sp³-hybridized carbons (Fsp3) is 0.500. The molecule has 2 N–H and O–H groups in total. The Morgan fingerprint density at radius 1 is 1.38 bits per heavy atom. The van der Waals surface area contributed by atoms with Gasteiger partial charge in [0, 0.05) is 12.5 Å². The number of carbonyl (C=O) groups excluding carboxylic acids is 2. The van der Waals surface area contributed by atoms with E-state index in [-0.39, 0.29) is 11.8 Å². The van der Waals surface area contributed by atoms with Gasteiger partial charge in [-0.1, -0.05) is 25.1 Å². The third-order valence-electron chi connectivity index (χ3n) is 3.85. The lowest BCUT2D eigenvalue weighted by molar-refractivity contribution is -0.140. The molecule has 1 fully saturated rings. The molecule has 0 saturated carbocycles. The molecular weight excluding hydrogens is 268 g/mol. The second-order valence-electron chi connectivity index (χ2n) is 5.44. The van der Waals surface area contributed by atoms with Crippen molar-refractivity contribution in [1.82, 2.24) is 4.90 Å². The van der Waals surface area contributed by atoms with Crippen molar-refractivity contribution in [2.24, 2.45) is 11.7 Å². The lowest BCUT2D eigenvalue weighted by Crippen LogP contribution is -2.45. The second kappa shape index (κ2) is 7.11. The molecule has 1 saturated heterocycles. The van der Waals surface area contributed by atoms with Crippen LogP contribution in [0.2, 0.25) is 0 Å². The van der Waals surface area contributed by atoms with Crippen molar-refractivity contribution >= 4 is 11.8 Å². The minimum atomic E-state index is -0.435. The Balaban J connectivity index is 1.81.